The summed E-state index contributed by atoms with van der Waals surface area (Å²) in [6, 6.07) is 27.4. The number of ketones is 1. The number of para-hydroxylation sites is 1. The molecule has 0 aliphatic rings. The van der Waals surface area contributed by atoms with Gasteiger partial charge >= 0.3 is 0 Å². The lowest BCUT2D eigenvalue weighted by molar-refractivity contribution is 0.102. The Morgan fingerprint density at radius 2 is 1.44 bits per heavy atom. The highest BCUT2D eigenvalue weighted by Gasteiger charge is 2.13. The molecule has 27 heavy (non-hydrogen) atoms. The molecule has 1 aromatic heterocycles. The van der Waals surface area contributed by atoms with Crippen molar-refractivity contribution in [3.63, 3.8) is 0 Å². The minimum absolute atomic E-state index is 0.0437. The molecule has 0 saturated carbocycles. The van der Waals surface area contributed by atoms with Crippen LogP contribution >= 0.6 is 11.8 Å². The van der Waals surface area contributed by atoms with E-state index in [2.05, 4.69) is 27.7 Å². The SMILES string of the molecule is O=C(CSc1nnnn1-c1ccccc1)c1ccc(-c2ccccc2)cc1. The second kappa shape index (κ2) is 7.97. The molecule has 6 heteroatoms. The summed E-state index contributed by atoms with van der Waals surface area (Å²) in [6.07, 6.45) is 0. The minimum Gasteiger partial charge on any atom is -0.293 e. The van der Waals surface area contributed by atoms with E-state index in [1.54, 1.807) is 4.68 Å². The van der Waals surface area contributed by atoms with E-state index in [1.807, 2.05) is 72.8 Å². The van der Waals surface area contributed by atoms with E-state index >= 15 is 0 Å². The largest absolute Gasteiger partial charge is 0.293 e. The standard InChI is InChI=1S/C21H16N4OS/c26-20(18-13-11-17(12-14-18)16-7-3-1-4-8-16)15-27-21-22-23-24-25(21)19-9-5-2-6-10-19/h1-14H,15H2. The molecular formula is C21H16N4OS. The van der Waals surface area contributed by atoms with Gasteiger partial charge in [0.1, 0.15) is 0 Å². The van der Waals surface area contributed by atoms with Gasteiger partial charge in [0.15, 0.2) is 5.78 Å². The van der Waals surface area contributed by atoms with E-state index in [-0.39, 0.29) is 11.5 Å². The number of hydrogen-bond donors (Lipinski definition) is 0. The van der Waals surface area contributed by atoms with Gasteiger partial charge in [0.05, 0.1) is 11.4 Å². The molecule has 0 amide bonds. The number of benzene rings is 3. The summed E-state index contributed by atoms with van der Waals surface area (Å²) in [5.41, 5.74) is 3.77. The molecule has 4 aromatic rings. The van der Waals surface area contributed by atoms with Crippen molar-refractivity contribution in [3.8, 4) is 16.8 Å². The fourth-order valence-electron chi connectivity index (χ4n) is 2.69. The summed E-state index contributed by atoms with van der Waals surface area (Å²) in [4.78, 5) is 12.5. The van der Waals surface area contributed by atoms with E-state index in [0.717, 1.165) is 16.8 Å². The third-order valence-electron chi connectivity index (χ3n) is 4.09. The molecule has 3 aromatic carbocycles. The first-order valence-electron chi connectivity index (χ1n) is 8.46. The molecule has 0 unspecified atom stereocenters. The highest BCUT2D eigenvalue weighted by atomic mass is 32.2. The molecule has 0 N–H and O–H groups in total. The van der Waals surface area contributed by atoms with Crippen molar-refractivity contribution in [2.45, 2.75) is 5.16 Å². The lowest BCUT2D eigenvalue weighted by atomic mass is 10.0. The summed E-state index contributed by atoms with van der Waals surface area (Å²) in [5, 5.41) is 12.3. The number of nitrogens with zero attached hydrogens (tertiary/aromatic N) is 4. The van der Waals surface area contributed by atoms with Crippen molar-refractivity contribution >= 4 is 17.5 Å². The molecule has 5 nitrogen and oxygen atoms in total. The number of tetrazole rings is 1. The second-order valence-electron chi connectivity index (χ2n) is 5.86. The van der Waals surface area contributed by atoms with Crippen LogP contribution in [0, 0.1) is 0 Å². The summed E-state index contributed by atoms with van der Waals surface area (Å²) in [7, 11) is 0. The number of carbonyl (C=O) groups is 1. The van der Waals surface area contributed by atoms with Gasteiger partial charge in [0, 0.05) is 5.56 Å². The highest BCUT2D eigenvalue weighted by Crippen LogP contribution is 2.22. The smallest absolute Gasteiger partial charge is 0.214 e. The predicted molar refractivity (Wildman–Crippen MR) is 106 cm³/mol. The first-order valence-corrected chi connectivity index (χ1v) is 9.45. The Balaban J connectivity index is 1.44. The van der Waals surface area contributed by atoms with Crippen LogP contribution in [-0.2, 0) is 0 Å². The van der Waals surface area contributed by atoms with Gasteiger partial charge in [-0.15, -0.1) is 5.10 Å². The average Bonchev–Trinajstić information content (AvgIpc) is 3.22. The lowest BCUT2D eigenvalue weighted by Gasteiger charge is -2.05. The first kappa shape index (κ1) is 17.2. The van der Waals surface area contributed by atoms with Crippen LogP contribution in [0.25, 0.3) is 16.8 Å². The number of Topliss-reactive ketones (excluding diaryl/α,β-unsaturated/α-hetero) is 1. The van der Waals surface area contributed by atoms with Crippen molar-refractivity contribution in [2.24, 2.45) is 0 Å². The zero-order chi connectivity index (χ0) is 18.5. The molecule has 0 aliphatic carbocycles. The normalized spacial score (nSPS) is 10.7. The van der Waals surface area contributed by atoms with Crippen LogP contribution in [0.1, 0.15) is 10.4 Å². The molecule has 0 radical (unpaired) electrons. The van der Waals surface area contributed by atoms with Crippen LogP contribution in [0.3, 0.4) is 0 Å². The Kier molecular flexibility index (Phi) is 5.07. The van der Waals surface area contributed by atoms with Crippen molar-refractivity contribution in [1.29, 1.82) is 0 Å². The Bertz CT molecular complexity index is 1030. The second-order valence-corrected chi connectivity index (χ2v) is 6.81. The van der Waals surface area contributed by atoms with Gasteiger partial charge in [-0.2, -0.15) is 4.68 Å². The van der Waals surface area contributed by atoms with Crippen molar-refractivity contribution in [2.75, 3.05) is 5.75 Å². The van der Waals surface area contributed by atoms with Crippen LogP contribution < -0.4 is 0 Å². The number of aromatic nitrogens is 4. The molecule has 0 atom stereocenters. The first-order chi connectivity index (χ1) is 13.3. The minimum atomic E-state index is 0.0437. The molecular weight excluding hydrogens is 356 g/mol. The summed E-state index contributed by atoms with van der Waals surface area (Å²) in [6.45, 7) is 0. The molecule has 0 bridgehead atoms. The number of carbonyl (C=O) groups excluding carboxylic acids is 1. The average molecular weight is 372 g/mol. The fraction of sp³-hybridized carbons (Fsp3) is 0.0476. The zero-order valence-electron chi connectivity index (χ0n) is 14.4. The van der Waals surface area contributed by atoms with E-state index < -0.39 is 0 Å². The Labute approximate surface area is 161 Å². The van der Waals surface area contributed by atoms with E-state index in [4.69, 9.17) is 0 Å². The number of rotatable bonds is 6. The van der Waals surface area contributed by atoms with Gasteiger partial charge in [0.2, 0.25) is 5.16 Å². The van der Waals surface area contributed by atoms with Crippen LogP contribution in [0.5, 0.6) is 0 Å². The van der Waals surface area contributed by atoms with Crippen LogP contribution in [0.15, 0.2) is 90.1 Å². The Hall–Kier alpha value is -3.25. The lowest BCUT2D eigenvalue weighted by Crippen LogP contribution is -2.05. The third-order valence-corrected chi connectivity index (χ3v) is 5.01. The summed E-state index contributed by atoms with van der Waals surface area (Å²) in [5.74, 6) is 0.319. The summed E-state index contributed by atoms with van der Waals surface area (Å²) >= 11 is 1.33. The van der Waals surface area contributed by atoms with Gasteiger partial charge in [-0.1, -0.05) is 84.6 Å². The summed E-state index contributed by atoms with van der Waals surface area (Å²) < 4.78 is 1.64. The van der Waals surface area contributed by atoms with E-state index in [9.17, 15) is 4.79 Å². The third kappa shape index (κ3) is 3.96. The van der Waals surface area contributed by atoms with Gasteiger partial charge in [-0.3, -0.25) is 4.79 Å². The monoisotopic (exact) mass is 372 g/mol. The van der Waals surface area contributed by atoms with Crippen molar-refractivity contribution < 1.29 is 4.79 Å². The molecule has 0 aliphatic heterocycles. The quantitative estimate of drug-likeness (QED) is 0.373. The van der Waals surface area contributed by atoms with E-state index in [1.165, 1.54) is 11.8 Å². The molecule has 0 saturated heterocycles. The van der Waals surface area contributed by atoms with E-state index in [0.29, 0.717) is 10.7 Å². The van der Waals surface area contributed by atoms with Gasteiger partial charge in [-0.25, -0.2) is 0 Å². The maximum absolute atomic E-state index is 12.5. The van der Waals surface area contributed by atoms with Crippen LogP contribution in [-0.4, -0.2) is 31.7 Å². The fourth-order valence-corrected chi connectivity index (χ4v) is 3.48. The molecule has 0 fully saturated rings. The number of hydrogen-bond acceptors (Lipinski definition) is 5. The predicted octanol–water partition coefficient (Wildman–Crippen LogP) is 4.30. The van der Waals surface area contributed by atoms with Crippen molar-refractivity contribution in [1.82, 2.24) is 20.2 Å². The van der Waals surface area contributed by atoms with Gasteiger partial charge in [0.25, 0.3) is 0 Å². The number of thioether (sulfide) groups is 1. The molecule has 132 valence electrons. The maximum Gasteiger partial charge on any atom is 0.214 e. The Morgan fingerprint density at radius 3 is 2.15 bits per heavy atom. The van der Waals surface area contributed by atoms with Crippen molar-refractivity contribution in [3.05, 3.63) is 90.5 Å². The Morgan fingerprint density at radius 1 is 0.815 bits per heavy atom. The zero-order valence-corrected chi connectivity index (χ0v) is 15.2. The molecule has 4 rings (SSSR count). The highest BCUT2D eigenvalue weighted by molar-refractivity contribution is 7.99. The van der Waals surface area contributed by atoms with Gasteiger partial charge < -0.3 is 0 Å². The topological polar surface area (TPSA) is 60.7 Å². The van der Waals surface area contributed by atoms with Crippen LogP contribution in [0.4, 0.5) is 0 Å². The van der Waals surface area contributed by atoms with Gasteiger partial charge in [-0.05, 0) is 33.7 Å². The maximum atomic E-state index is 12.5. The van der Waals surface area contributed by atoms with Crippen LogP contribution in [0.2, 0.25) is 0 Å². The molecule has 0 spiro atoms. The molecule has 1 heterocycles.